The highest BCUT2D eigenvalue weighted by atomic mass is 32.2. The number of rotatable bonds is 4. The number of hydrogen-bond acceptors (Lipinski definition) is 5. The van der Waals surface area contributed by atoms with E-state index in [4.69, 9.17) is 4.74 Å². The molecule has 1 unspecified atom stereocenters. The van der Waals surface area contributed by atoms with Crippen molar-refractivity contribution in [2.24, 2.45) is 0 Å². The van der Waals surface area contributed by atoms with E-state index in [1.165, 1.54) is 10.4 Å². The van der Waals surface area contributed by atoms with Gasteiger partial charge in [-0.2, -0.15) is 0 Å². The second kappa shape index (κ2) is 6.71. The van der Waals surface area contributed by atoms with Crippen LogP contribution in [0.3, 0.4) is 0 Å². The maximum atomic E-state index is 12.5. The molecule has 0 saturated carbocycles. The number of aryl methyl sites for hydroxylation is 2. The molecule has 2 aromatic rings. The molecule has 116 valence electrons. The predicted molar refractivity (Wildman–Crippen MR) is 90.6 cm³/mol. The number of nitrogens with one attached hydrogen (secondary N) is 1. The minimum absolute atomic E-state index is 0.0620. The second-order valence-electron chi connectivity index (χ2n) is 5.14. The average Bonchev–Trinajstić information content (AvgIpc) is 3.01. The van der Waals surface area contributed by atoms with Crippen LogP contribution < -0.4 is 10.1 Å². The fourth-order valence-corrected chi connectivity index (χ4v) is 4.83. The van der Waals surface area contributed by atoms with E-state index in [0.717, 1.165) is 23.4 Å². The van der Waals surface area contributed by atoms with Gasteiger partial charge in [0, 0.05) is 22.7 Å². The minimum Gasteiger partial charge on any atom is -0.481 e. The van der Waals surface area contributed by atoms with E-state index in [1.54, 1.807) is 30.2 Å². The van der Waals surface area contributed by atoms with E-state index in [1.807, 2.05) is 19.1 Å². The largest absolute Gasteiger partial charge is 0.481 e. The van der Waals surface area contributed by atoms with Crippen LogP contribution in [0.2, 0.25) is 0 Å². The van der Waals surface area contributed by atoms with Crippen LogP contribution in [-0.2, 0) is 17.8 Å². The van der Waals surface area contributed by atoms with Gasteiger partial charge in [-0.15, -0.1) is 23.1 Å². The number of thioether (sulfide) groups is 1. The number of carbonyl (C=O) groups excluding carboxylic acids is 1. The first kappa shape index (κ1) is 15.4. The fraction of sp³-hybridized carbons (Fsp3) is 0.375. The number of nitrogens with zero attached hydrogens (tertiary/aromatic N) is 1. The molecule has 0 aromatic carbocycles. The predicted octanol–water partition coefficient (Wildman–Crippen LogP) is 3.11. The summed E-state index contributed by atoms with van der Waals surface area (Å²) in [4.78, 5) is 18.2. The molecule has 0 aliphatic carbocycles. The number of carbonyl (C=O) groups is 1. The van der Waals surface area contributed by atoms with Gasteiger partial charge < -0.3 is 10.1 Å². The van der Waals surface area contributed by atoms with Gasteiger partial charge in [0.1, 0.15) is 5.25 Å². The molecular weight excluding hydrogens is 316 g/mol. The Labute approximate surface area is 138 Å². The molecule has 6 heteroatoms. The summed E-state index contributed by atoms with van der Waals surface area (Å²) in [6, 6.07) is 5.95. The lowest BCUT2D eigenvalue weighted by Crippen LogP contribution is -2.29. The summed E-state index contributed by atoms with van der Waals surface area (Å²) >= 11 is 3.46. The fourth-order valence-electron chi connectivity index (χ4n) is 2.51. The highest BCUT2D eigenvalue weighted by Crippen LogP contribution is 2.39. The Morgan fingerprint density at radius 2 is 2.32 bits per heavy atom. The molecule has 0 fully saturated rings. The van der Waals surface area contributed by atoms with Crippen LogP contribution in [0.1, 0.15) is 26.9 Å². The monoisotopic (exact) mass is 334 g/mol. The Kier molecular flexibility index (Phi) is 4.69. The third-order valence-electron chi connectivity index (χ3n) is 3.64. The Hall–Kier alpha value is -1.53. The number of ether oxygens (including phenoxy) is 1. The van der Waals surface area contributed by atoms with Crippen LogP contribution >= 0.6 is 23.1 Å². The molecular formula is C16H18N2O2S2. The van der Waals surface area contributed by atoms with E-state index in [0.29, 0.717) is 12.4 Å². The van der Waals surface area contributed by atoms with Gasteiger partial charge in [-0.3, -0.25) is 4.79 Å². The van der Waals surface area contributed by atoms with Crippen molar-refractivity contribution in [1.29, 1.82) is 0 Å². The molecule has 0 saturated heterocycles. The van der Waals surface area contributed by atoms with Gasteiger partial charge in [0.25, 0.3) is 0 Å². The first-order valence-electron chi connectivity index (χ1n) is 7.15. The van der Waals surface area contributed by atoms with E-state index in [-0.39, 0.29) is 11.2 Å². The molecule has 3 heterocycles. The number of fused-ring (bicyclic) bond motifs is 1. The van der Waals surface area contributed by atoms with Gasteiger partial charge in [-0.25, -0.2) is 4.98 Å². The van der Waals surface area contributed by atoms with Crippen molar-refractivity contribution in [3.05, 3.63) is 45.3 Å². The molecule has 1 aliphatic heterocycles. The van der Waals surface area contributed by atoms with Gasteiger partial charge in [0.2, 0.25) is 11.8 Å². The summed E-state index contributed by atoms with van der Waals surface area (Å²) in [5.74, 6) is 1.64. The van der Waals surface area contributed by atoms with Gasteiger partial charge in [0.05, 0.1) is 7.11 Å². The summed E-state index contributed by atoms with van der Waals surface area (Å²) in [6.07, 6.45) is 1.07. The van der Waals surface area contributed by atoms with Crippen LogP contribution in [0.15, 0.2) is 23.6 Å². The van der Waals surface area contributed by atoms with Crippen LogP contribution in [0.25, 0.3) is 0 Å². The van der Waals surface area contributed by atoms with Crippen molar-refractivity contribution in [3.63, 3.8) is 0 Å². The molecule has 1 N–H and O–H groups in total. The number of thiophene rings is 1. The quantitative estimate of drug-likeness (QED) is 0.933. The summed E-state index contributed by atoms with van der Waals surface area (Å²) in [5, 5.41) is 4.99. The first-order chi connectivity index (χ1) is 10.7. The van der Waals surface area contributed by atoms with Crippen molar-refractivity contribution in [3.8, 4) is 5.88 Å². The van der Waals surface area contributed by atoms with Gasteiger partial charge in [-0.1, -0.05) is 6.07 Å². The maximum Gasteiger partial charge on any atom is 0.237 e. The van der Waals surface area contributed by atoms with Crippen molar-refractivity contribution in [2.45, 2.75) is 25.1 Å². The standard InChI is InChI=1S/C16H18N2O2S2/c1-10-3-4-11(16(18-10)20-2)9-17-15(19)14-12-5-7-21-13(12)6-8-22-14/h3-5,7,14H,6,8-9H2,1-2H3,(H,17,19). The number of aromatic nitrogens is 1. The van der Waals surface area contributed by atoms with Crippen molar-refractivity contribution in [1.82, 2.24) is 10.3 Å². The molecule has 2 aromatic heterocycles. The molecule has 1 aliphatic rings. The Balaban J connectivity index is 1.69. The smallest absolute Gasteiger partial charge is 0.237 e. The summed E-state index contributed by atoms with van der Waals surface area (Å²) in [6.45, 7) is 2.35. The zero-order chi connectivity index (χ0) is 15.5. The van der Waals surface area contributed by atoms with E-state index in [2.05, 4.69) is 21.7 Å². The van der Waals surface area contributed by atoms with Crippen LogP contribution in [0.5, 0.6) is 5.88 Å². The normalized spacial score (nSPS) is 16.9. The zero-order valence-corrected chi connectivity index (χ0v) is 14.2. The highest BCUT2D eigenvalue weighted by Gasteiger charge is 2.27. The zero-order valence-electron chi connectivity index (χ0n) is 12.6. The highest BCUT2D eigenvalue weighted by molar-refractivity contribution is 8.00. The lowest BCUT2D eigenvalue weighted by Gasteiger charge is -2.21. The van der Waals surface area contributed by atoms with Crippen molar-refractivity contribution >= 4 is 29.0 Å². The minimum atomic E-state index is -0.0978. The topological polar surface area (TPSA) is 51.2 Å². The van der Waals surface area contributed by atoms with Crippen LogP contribution in [0.4, 0.5) is 0 Å². The van der Waals surface area contributed by atoms with Crippen LogP contribution in [-0.4, -0.2) is 23.8 Å². The third kappa shape index (κ3) is 3.13. The lowest BCUT2D eigenvalue weighted by atomic mass is 10.1. The molecule has 4 nitrogen and oxygen atoms in total. The molecule has 0 spiro atoms. The Morgan fingerprint density at radius 1 is 1.45 bits per heavy atom. The Morgan fingerprint density at radius 3 is 3.14 bits per heavy atom. The van der Waals surface area contributed by atoms with Gasteiger partial charge in [-0.05, 0) is 42.2 Å². The number of methoxy groups -OCH3 is 1. The molecule has 1 amide bonds. The van der Waals surface area contributed by atoms with Gasteiger partial charge >= 0.3 is 0 Å². The number of pyridine rings is 1. The second-order valence-corrected chi connectivity index (χ2v) is 7.35. The molecule has 1 atom stereocenters. The third-order valence-corrected chi connectivity index (χ3v) is 5.88. The molecule has 0 radical (unpaired) electrons. The Bertz CT molecular complexity index is 685. The lowest BCUT2D eigenvalue weighted by molar-refractivity contribution is -0.120. The molecule has 22 heavy (non-hydrogen) atoms. The number of hydrogen-bond donors (Lipinski definition) is 1. The molecule has 0 bridgehead atoms. The SMILES string of the molecule is COc1nc(C)ccc1CNC(=O)C1SCCc2sccc21. The average molecular weight is 334 g/mol. The molecule has 3 rings (SSSR count). The summed E-state index contributed by atoms with van der Waals surface area (Å²) in [5.41, 5.74) is 2.97. The number of amides is 1. The van der Waals surface area contributed by atoms with E-state index >= 15 is 0 Å². The van der Waals surface area contributed by atoms with Crippen LogP contribution in [0, 0.1) is 6.92 Å². The summed E-state index contributed by atoms with van der Waals surface area (Å²) in [7, 11) is 1.60. The maximum absolute atomic E-state index is 12.5. The van der Waals surface area contributed by atoms with Gasteiger partial charge in [0.15, 0.2) is 0 Å². The van der Waals surface area contributed by atoms with E-state index in [9.17, 15) is 4.79 Å². The van der Waals surface area contributed by atoms with Crippen molar-refractivity contribution < 1.29 is 9.53 Å². The van der Waals surface area contributed by atoms with Crippen molar-refractivity contribution in [2.75, 3.05) is 12.9 Å². The first-order valence-corrected chi connectivity index (χ1v) is 9.08. The summed E-state index contributed by atoms with van der Waals surface area (Å²) < 4.78 is 5.28. The van der Waals surface area contributed by atoms with E-state index < -0.39 is 0 Å².